The molecule has 4 aromatic rings. The van der Waals surface area contributed by atoms with Gasteiger partial charge in [-0.3, -0.25) is 19.5 Å². The summed E-state index contributed by atoms with van der Waals surface area (Å²) in [6.45, 7) is 1.64. The molecule has 174 valence electrons. The Morgan fingerprint density at radius 1 is 0.857 bits per heavy atom. The fraction of sp³-hybridized carbons (Fsp3) is 0.0769. The zero-order chi connectivity index (χ0) is 24.7. The maximum atomic E-state index is 13.7. The van der Waals surface area contributed by atoms with E-state index in [4.69, 9.17) is 4.74 Å². The molecule has 0 unspecified atom stereocenters. The number of carbonyl (C=O) groups excluding carboxylic acids is 2. The summed E-state index contributed by atoms with van der Waals surface area (Å²) < 4.78 is 21.3. The number of imide groups is 1. The third-order valence-electron chi connectivity index (χ3n) is 5.77. The molecule has 0 radical (unpaired) electrons. The molecule has 8 nitrogen and oxygen atoms in total. The van der Waals surface area contributed by atoms with E-state index in [2.05, 4.69) is 5.10 Å². The van der Waals surface area contributed by atoms with Crippen LogP contribution in [0.2, 0.25) is 0 Å². The number of hydrogen-bond acceptors (Lipinski definition) is 4. The van der Waals surface area contributed by atoms with Crippen molar-refractivity contribution in [2.45, 2.75) is 6.92 Å². The van der Waals surface area contributed by atoms with E-state index in [1.807, 2.05) is 0 Å². The van der Waals surface area contributed by atoms with E-state index >= 15 is 0 Å². The summed E-state index contributed by atoms with van der Waals surface area (Å²) in [5.41, 5.74) is 0.687. The summed E-state index contributed by atoms with van der Waals surface area (Å²) in [6, 6.07) is 17.1. The average molecular weight is 471 g/mol. The lowest BCUT2D eigenvalue weighted by molar-refractivity contribution is -0.576. The first-order chi connectivity index (χ1) is 16.9. The normalized spacial score (nSPS) is 13.6. The van der Waals surface area contributed by atoms with Crippen LogP contribution < -0.4 is 19.8 Å². The van der Waals surface area contributed by atoms with E-state index in [0.717, 1.165) is 4.90 Å². The van der Waals surface area contributed by atoms with Gasteiger partial charge in [0, 0.05) is 17.8 Å². The number of aromatic nitrogens is 3. The molecule has 0 saturated carbocycles. The minimum absolute atomic E-state index is 0.0263. The highest BCUT2D eigenvalue weighted by Gasteiger charge is 2.47. The van der Waals surface area contributed by atoms with Crippen LogP contribution in [-0.2, 0) is 9.59 Å². The van der Waals surface area contributed by atoms with Gasteiger partial charge in [-0.05, 0) is 55.5 Å². The van der Waals surface area contributed by atoms with Crippen molar-refractivity contribution >= 4 is 28.8 Å². The van der Waals surface area contributed by atoms with E-state index in [0.29, 0.717) is 22.8 Å². The highest BCUT2D eigenvalue weighted by molar-refractivity contribution is 6.53. The molecule has 35 heavy (non-hydrogen) atoms. The molecule has 0 atom stereocenters. The smallest absolute Gasteiger partial charge is 0.331 e. The number of anilines is 1. The number of carbonyl (C=O) groups is 2. The van der Waals surface area contributed by atoms with E-state index in [1.54, 1.807) is 61.8 Å². The first-order valence-corrected chi connectivity index (χ1v) is 10.7. The number of benzene rings is 2. The molecule has 2 aromatic carbocycles. The van der Waals surface area contributed by atoms with Crippen LogP contribution >= 0.6 is 0 Å². The summed E-state index contributed by atoms with van der Waals surface area (Å²) in [7, 11) is 1.52. The molecular weight excluding hydrogens is 451 g/mol. The fourth-order valence-corrected chi connectivity index (χ4v) is 4.11. The number of H-pyrrole nitrogens is 1. The van der Waals surface area contributed by atoms with E-state index < -0.39 is 23.2 Å². The second-order valence-electron chi connectivity index (χ2n) is 7.88. The number of ether oxygens (including phenoxy) is 1. The Balaban J connectivity index is 1.71. The Morgan fingerprint density at radius 3 is 2.11 bits per heavy atom. The number of hydrogen-bond donors (Lipinski definition) is 1. The van der Waals surface area contributed by atoms with Crippen LogP contribution in [-0.4, -0.2) is 28.7 Å². The van der Waals surface area contributed by atoms with Gasteiger partial charge in [-0.15, -0.1) is 0 Å². The molecule has 0 aliphatic carbocycles. The van der Waals surface area contributed by atoms with Crippen molar-refractivity contribution in [3.05, 3.63) is 107 Å². The molecule has 0 bridgehead atoms. The number of aromatic amines is 1. The molecular formula is C26H20FN4O4+. The summed E-state index contributed by atoms with van der Waals surface area (Å²) in [5.74, 6) is -1.07. The molecule has 9 heteroatoms. The Hall–Kier alpha value is -4.79. The maximum absolute atomic E-state index is 13.7. The van der Waals surface area contributed by atoms with Crippen LogP contribution in [0.15, 0.2) is 83.9 Å². The number of pyridine rings is 1. The SMILES string of the molecule is COc1ccc(N2C(=O)C(c3c(C)[nH]n(-c4ccc(F)cc4)c3=O)=C([n+]3ccccc3)C2=O)cc1. The van der Waals surface area contributed by atoms with Crippen molar-refractivity contribution in [3.63, 3.8) is 0 Å². The zero-order valence-corrected chi connectivity index (χ0v) is 18.9. The first kappa shape index (κ1) is 22.0. The number of methoxy groups -OCH3 is 1. The topological polar surface area (TPSA) is 88.3 Å². The van der Waals surface area contributed by atoms with Gasteiger partial charge in [0.05, 0.1) is 24.0 Å². The summed E-state index contributed by atoms with van der Waals surface area (Å²) in [5, 5.41) is 2.94. The molecule has 0 saturated heterocycles. The molecule has 5 rings (SSSR count). The fourth-order valence-electron chi connectivity index (χ4n) is 4.11. The van der Waals surface area contributed by atoms with Crippen LogP contribution in [0.5, 0.6) is 5.75 Å². The van der Waals surface area contributed by atoms with Gasteiger partial charge in [0.15, 0.2) is 12.4 Å². The maximum Gasteiger partial charge on any atom is 0.331 e. The van der Waals surface area contributed by atoms with Gasteiger partial charge in [-0.1, -0.05) is 6.07 Å². The van der Waals surface area contributed by atoms with Crippen molar-refractivity contribution in [2.75, 3.05) is 12.0 Å². The Bertz CT molecular complexity index is 1540. The minimum atomic E-state index is -0.628. The van der Waals surface area contributed by atoms with Crippen LogP contribution in [0.4, 0.5) is 10.1 Å². The van der Waals surface area contributed by atoms with Gasteiger partial charge in [0.25, 0.3) is 17.2 Å². The van der Waals surface area contributed by atoms with Crippen molar-refractivity contribution < 1.29 is 23.3 Å². The Morgan fingerprint density at radius 2 is 1.49 bits per heavy atom. The lowest BCUT2D eigenvalue weighted by atomic mass is 10.1. The quantitative estimate of drug-likeness (QED) is 0.358. The van der Waals surface area contributed by atoms with Gasteiger partial charge in [0.2, 0.25) is 0 Å². The summed E-state index contributed by atoms with van der Waals surface area (Å²) in [6.07, 6.45) is 3.27. The lowest BCUT2D eigenvalue weighted by Gasteiger charge is -2.14. The van der Waals surface area contributed by atoms with E-state index in [9.17, 15) is 18.8 Å². The lowest BCUT2D eigenvalue weighted by Crippen LogP contribution is -2.39. The number of amides is 2. The van der Waals surface area contributed by atoms with Crippen LogP contribution in [0, 0.1) is 12.7 Å². The number of aryl methyl sites for hydroxylation is 1. The van der Waals surface area contributed by atoms with Gasteiger partial charge in [-0.2, -0.15) is 4.57 Å². The monoisotopic (exact) mass is 471 g/mol. The molecule has 1 N–H and O–H groups in total. The molecule has 1 aliphatic heterocycles. The van der Waals surface area contributed by atoms with Crippen LogP contribution in [0.1, 0.15) is 11.3 Å². The molecule has 1 aliphatic rings. The van der Waals surface area contributed by atoms with Gasteiger partial charge >= 0.3 is 5.91 Å². The molecule has 3 heterocycles. The van der Waals surface area contributed by atoms with Crippen molar-refractivity contribution in [1.29, 1.82) is 0 Å². The number of nitrogens with one attached hydrogen (secondary N) is 1. The summed E-state index contributed by atoms with van der Waals surface area (Å²) >= 11 is 0. The Kier molecular flexibility index (Phi) is 5.37. The minimum Gasteiger partial charge on any atom is -0.497 e. The molecule has 2 amide bonds. The highest BCUT2D eigenvalue weighted by Crippen LogP contribution is 2.33. The molecule has 2 aromatic heterocycles. The molecule has 0 fully saturated rings. The predicted octanol–water partition coefficient (Wildman–Crippen LogP) is 2.85. The van der Waals surface area contributed by atoms with Gasteiger partial charge in [0.1, 0.15) is 17.1 Å². The van der Waals surface area contributed by atoms with Crippen molar-refractivity contribution in [1.82, 2.24) is 9.78 Å². The van der Waals surface area contributed by atoms with Gasteiger partial charge < -0.3 is 4.74 Å². The number of nitrogens with zero attached hydrogens (tertiary/aromatic N) is 3. The van der Waals surface area contributed by atoms with E-state index in [1.165, 1.54) is 40.6 Å². The number of halogens is 1. The highest BCUT2D eigenvalue weighted by atomic mass is 19.1. The largest absolute Gasteiger partial charge is 0.497 e. The van der Waals surface area contributed by atoms with Crippen LogP contribution in [0.25, 0.3) is 17.0 Å². The standard InChI is InChI=1S/C26H19FN4O4/c1-16-21(25(33)31(28-16)19-8-6-17(27)7-9-19)22-23(29-14-4-3-5-15-29)26(34)30(24(22)32)18-10-12-20(35-2)13-11-18/h3-15H,1-2H3/p+1. The third-order valence-corrected chi connectivity index (χ3v) is 5.77. The Labute approximate surface area is 199 Å². The second-order valence-corrected chi connectivity index (χ2v) is 7.88. The first-order valence-electron chi connectivity index (χ1n) is 10.7. The molecule has 0 spiro atoms. The second kappa shape index (κ2) is 8.53. The zero-order valence-electron chi connectivity index (χ0n) is 18.9. The number of rotatable bonds is 5. The van der Waals surface area contributed by atoms with Crippen molar-refractivity contribution in [2.24, 2.45) is 0 Å². The van der Waals surface area contributed by atoms with E-state index in [-0.39, 0.29) is 16.8 Å². The average Bonchev–Trinajstić information content (AvgIpc) is 3.30. The summed E-state index contributed by atoms with van der Waals surface area (Å²) in [4.78, 5) is 41.9. The van der Waals surface area contributed by atoms with Crippen LogP contribution in [0.3, 0.4) is 0 Å². The van der Waals surface area contributed by atoms with Gasteiger partial charge in [-0.25, -0.2) is 14.0 Å². The van der Waals surface area contributed by atoms with Crippen molar-refractivity contribution in [3.8, 4) is 11.4 Å². The third kappa shape index (κ3) is 3.63. The predicted molar refractivity (Wildman–Crippen MR) is 126 cm³/mol.